The summed E-state index contributed by atoms with van der Waals surface area (Å²) in [7, 11) is -6.08. The Hall–Kier alpha value is -1.77. The van der Waals surface area contributed by atoms with Crippen molar-refractivity contribution in [2.24, 2.45) is 0 Å². The van der Waals surface area contributed by atoms with Crippen LogP contribution in [0.2, 0.25) is 0 Å². The second-order valence-electron chi connectivity index (χ2n) is 4.03. The summed E-state index contributed by atoms with van der Waals surface area (Å²) in [5.74, 6) is 0. The molecule has 0 amide bonds. The molecule has 3 nitrogen and oxygen atoms in total. The number of rotatable bonds is 3. The predicted octanol–water partition coefficient (Wildman–Crippen LogP) is 3.92. The predicted molar refractivity (Wildman–Crippen MR) is 82.7 cm³/mol. The summed E-state index contributed by atoms with van der Waals surface area (Å²) in [4.78, 5) is 2.64. The molecule has 2 rings (SSSR count). The first-order valence-corrected chi connectivity index (χ1v) is 8.84. The molecule has 23 heavy (non-hydrogen) atoms. The molecule has 0 fully saturated rings. The topological polar surface area (TPSA) is 57.2 Å². The first-order valence-electron chi connectivity index (χ1n) is 6.14. The van der Waals surface area contributed by atoms with Gasteiger partial charge in [-0.15, -0.1) is 0 Å². The lowest BCUT2D eigenvalue weighted by molar-refractivity contribution is -0.0517. The molecule has 0 aliphatic heterocycles. The van der Waals surface area contributed by atoms with Crippen molar-refractivity contribution in [3.8, 4) is 0 Å². The Morgan fingerprint density at radius 3 is 1.43 bits per heavy atom. The summed E-state index contributed by atoms with van der Waals surface area (Å²) in [6, 6.07) is 21.0. The third kappa shape index (κ3) is 6.09. The molecule has 0 aliphatic carbocycles. The van der Waals surface area contributed by atoms with Gasteiger partial charge in [0.1, 0.15) is 5.41 Å². The van der Waals surface area contributed by atoms with Crippen LogP contribution in [0.4, 0.5) is 13.2 Å². The third-order valence-electron chi connectivity index (χ3n) is 2.44. The fraction of sp³-hybridized carbons (Fsp3) is 0.0667. The Morgan fingerprint density at radius 2 is 1.22 bits per heavy atom. The molecular formula is C15H13F3O3S2. The molecule has 2 aromatic rings. The van der Waals surface area contributed by atoms with Gasteiger partial charge < -0.3 is 4.55 Å². The SMILES string of the molecule is C=C[S+](c1ccccc1)c1ccccc1.O=S(=O)([O-])C(F)(F)F. The molecule has 124 valence electrons. The van der Waals surface area contributed by atoms with Crippen LogP contribution in [0.3, 0.4) is 0 Å². The molecule has 0 spiro atoms. The molecule has 0 unspecified atom stereocenters. The monoisotopic (exact) mass is 362 g/mol. The summed E-state index contributed by atoms with van der Waals surface area (Å²) < 4.78 is 58.9. The van der Waals surface area contributed by atoms with Gasteiger partial charge in [0.05, 0.1) is 10.9 Å². The van der Waals surface area contributed by atoms with Gasteiger partial charge in [0.25, 0.3) is 0 Å². The average Bonchev–Trinajstić information content (AvgIpc) is 2.49. The molecule has 2 aromatic carbocycles. The maximum atomic E-state index is 10.7. The highest BCUT2D eigenvalue weighted by molar-refractivity contribution is 7.99. The van der Waals surface area contributed by atoms with E-state index >= 15 is 0 Å². The van der Waals surface area contributed by atoms with Gasteiger partial charge in [0.15, 0.2) is 19.9 Å². The maximum Gasteiger partial charge on any atom is 0.485 e. The van der Waals surface area contributed by atoms with E-state index in [9.17, 15) is 13.2 Å². The van der Waals surface area contributed by atoms with Gasteiger partial charge in [0, 0.05) is 0 Å². The van der Waals surface area contributed by atoms with E-state index in [2.05, 4.69) is 55.1 Å². The molecule has 8 heteroatoms. The van der Waals surface area contributed by atoms with Crippen molar-refractivity contribution in [3.63, 3.8) is 0 Å². The number of alkyl halides is 3. The zero-order valence-electron chi connectivity index (χ0n) is 11.7. The summed E-state index contributed by atoms with van der Waals surface area (Å²) in [6.45, 7) is 3.93. The summed E-state index contributed by atoms with van der Waals surface area (Å²) in [5, 5.41) is 2.02. The molecule has 0 aromatic heterocycles. The van der Waals surface area contributed by atoms with Gasteiger partial charge in [-0.2, -0.15) is 13.2 Å². The van der Waals surface area contributed by atoms with E-state index < -0.39 is 15.6 Å². The number of benzene rings is 2. The largest absolute Gasteiger partial charge is 0.741 e. The highest BCUT2D eigenvalue weighted by atomic mass is 32.2. The lowest BCUT2D eigenvalue weighted by Crippen LogP contribution is -2.21. The summed E-state index contributed by atoms with van der Waals surface area (Å²) in [5.41, 5.74) is -5.65. The Balaban J connectivity index is 0.000000284. The van der Waals surface area contributed by atoms with Crippen molar-refractivity contribution in [2.45, 2.75) is 15.3 Å². The molecule has 0 radical (unpaired) electrons. The first kappa shape index (κ1) is 19.3. The fourth-order valence-electron chi connectivity index (χ4n) is 1.46. The van der Waals surface area contributed by atoms with Crippen LogP contribution in [0.25, 0.3) is 0 Å². The Kier molecular flexibility index (Phi) is 6.86. The number of hydrogen-bond donors (Lipinski definition) is 0. The van der Waals surface area contributed by atoms with Crippen molar-refractivity contribution in [3.05, 3.63) is 72.7 Å². The fourth-order valence-corrected chi connectivity index (χ4v) is 3.02. The first-order chi connectivity index (χ1) is 10.7. The van der Waals surface area contributed by atoms with E-state index in [1.165, 1.54) is 9.79 Å². The lowest BCUT2D eigenvalue weighted by atomic mass is 10.4. The van der Waals surface area contributed by atoms with Crippen molar-refractivity contribution in [1.29, 1.82) is 0 Å². The zero-order valence-corrected chi connectivity index (χ0v) is 13.4. The summed E-state index contributed by atoms with van der Waals surface area (Å²) >= 11 is 0. The minimum absolute atomic E-state index is 0.00568. The lowest BCUT2D eigenvalue weighted by Gasteiger charge is -2.08. The Labute approximate surface area is 135 Å². The van der Waals surface area contributed by atoms with Gasteiger partial charge in [-0.05, 0) is 24.3 Å². The second-order valence-corrected chi connectivity index (χ2v) is 7.35. The van der Waals surface area contributed by atoms with Crippen molar-refractivity contribution in [2.75, 3.05) is 0 Å². The van der Waals surface area contributed by atoms with Crippen LogP contribution in [0, 0.1) is 0 Å². The van der Waals surface area contributed by atoms with Crippen molar-refractivity contribution in [1.82, 2.24) is 0 Å². The Bertz CT molecular complexity index is 675. The van der Waals surface area contributed by atoms with Gasteiger partial charge >= 0.3 is 5.51 Å². The molecular weight excluding hydrogens is 349 g/mol. The molecule has 0 N–H and O–H groups in total. The molecule has 0 heterocycles. The maximum absolute atomic E-state index is 10.7. The highest BCUT2D eigenvalue weighted by Crippen LogP contribution is 2.23. The van der Waals surface area contributed by atoms with E-state index in [0.717, 1.165) is 0 Å². The van der Waals surface area contributed by atoms with Gasteiger partial charge in [-0.25, -0.2) is 8.42 Å². The van der Waals surface area contributed by atoms with Crippen LogP contribution in [0.5, 0.6) is 0 Å². The van der Waals surface area contributed by atoms with Crippen LogP contribution in [-0.2, 0) is 21.0 Å². The molecule has 0 aliphatic rings. The van der Waals surface area contributed by atoms with E-state index in [1.54, 1.807) is 0 Å². The quantitative estimate of drug-likeness (QED) is 0.472. The normalized spacial score (nSPS) is 11.5. The average molecular weight is 362 g/mol. The summed E-state index contributed by atoms with van der Waals surface area (Å²) in [6.07, 6.45) is 0. The van der Waals surface area contributed by atoms with Crippen LogP contribution in [0.1, 0.15) is 0 Å². The second kappa shape index (κ2) is 8.19. The number of halogens is 3. The van der Waals surface area contributed by atoms with Crippen LogP contribution < -0.4 is 0 Å². The van der Waals surface area contributed by atoms with E-state index in [0.29, 0.717) is 0 Å². The smallest absolute Gasteiger partial charge is 0.485 e. The molecule has 0 saturated heterocycles. The van der Waals surface area contributed by atoms with Crippen LogP contribution >= 0.6 is 0 Å². The molecule has 0 atom stereocenters. The standard InChI is InChI=1S/C14H13S.CHF3O3S/c1-2-15(13-9-5-3-6-10-13)14-11-7-4-8-12-14;2-1(3,4)8(5,6)7/h2-12H,1H2;(H,5,6,7)/q+1;/p-1. The van der Waals surface area contributed by atoms with Crippen molar-refractivity contribution >= 4 is 21.0 Å². The minimum Gasteiger partial charge on any atom is -0.741 e. The van der Waals surface area contributed by atoms with Gasteiger partial charge in [0.2, 0.25) is 0 Å². The highest BCUT2D eigenvalue weighted by Gasteiger charge is 2.36. The van der Waals surface area contributed by atoms with E-state index in [1.807, 2.05) is 17.5 Å². The van der Waals surface area contributed by atoms with E-state index in [4.69, 9.17) is 13.0 Å². The zero-order chi connectivity index (χ0) is 17.5. The third-order valence-corrected chi connectivity index (χ3v) is 4.90. The van der Waals surface area contributed by atoms with Crippen molar-refractivity contribution < 1.29 is 26.1 Å². The van der Waals surface area contributed by atoms with Crippen LogP contribution in [0.15, 0.2) is 82.4 Å². The van der Waals surface area contributed by atoms with Crippen LogP contribution in [-0.4, -0.2) is 18.5 Å². The van der Waals surface area contributed by atoms with Gasteiger partial charge in [-0.1, -0.05) is 43.0 Å². The van der Waals surface area contributed by atoms with Gasteiger partial charge in [-0.3, -0.25) is 0 Å². The molecule has 0 saturated carbocycles. The minimum atomic E-state index is -6.09. The number of hydrogen-bond acceptors (Lipinski definition) is 3. The van der Waals surface area contributed by atoms with E-state index in [-0.39, 0.29) is 10.9 Å². The Morgan fingerprint density at radius 1 is 0.913 bits per heavy atom. The molecule has 0 bridgehead atoms.